The molecule has 0 radical (unpaired) electrons. The minimum atomic E-state index is -0.701. The first kappa shape index (κ1) is 38.3. The van der Waals surface area contributed by atoms with Gasteiger partial charge in [0.2, 0.25) is 0 Å². The van der Waals surface area contributed by atoms with Crippen molar-refractivity contribution in [3.05, 3.63) is 222 Å². The van der Waals surface area contributed by atoms with Gasteiger partial charge in [-0.25, -0.2) is 9.97 Å². The standard InChI is InChI=1S/C60H46N2O2/c1-38(40-17-5-3-6-18-40)35-59(48-31-29-41-19-9-13-25-46(41)54(48)56-50(59)33-43-21-11-15-27-52(43)61-56)37-60(36-39(2)58(63)64-45-23-7-4-8-24-45)49-32-30-42-20-10-14-26-47(42)55(49)57-51(60)34-44-22-12-16-28-53(44)62-57/h3-34,38-39H,35-37H2,1-2H3. The van der Waals surface area contributed by atoms with E-state index in [1.54, 1.807) is 0 Å². The molecule has 2 aromatic heterocycles. The lowest BCUT2D eigenvalue weighted by Crippen LogP contribution is -2.41. The number of ether oxygens (including phenoxy) is 1. The Morgan fingerprint density at radius 1 is 0.484 bits per heavy atom. The summed E-state index contributed by atoms with van der Waals surface area (Å²) in [5, 5.41) is 6.94. The molecule has 0 saturated heterocycles. The lowest BCUT2D eigenvalue weighted by atomic mass is 9.58. The van der Waals surface area contributed by atoms with Crippen LogP contribution in [0.3, 0.4) is 0 Å². The molecule has 308 valence electrons. The minimum Gasteiger partial charge on any atom is -0.426 e. The highest BCUT2D eigenvalue weighted by Crippen LogP contribution is 2.64. The van der Waals surface area contributed by atoms with E-state index >= 15 is 0 Å². The van der Waals surface area contributed by atoms with Crippen molar-refractivity contribution in [2.75, 3.05) is 0 Å². The molecule has 0 amide bonds. The highest BCUT2D eigenvalue weighted by atomic mass is 16.5. The van der Waals surface area contributed by atoms with Crippen LogP contribution in [0.5, 0.6) is 5.75 Å². The van der Waals surface area contributed by atoms with Crippen LogP contribution in [0, 0.1) is 5.92 Å². The molecule has 12 rings (SSSR count). The van der Waals surface area contributed by atoms with Crippen molar-refractivity contribution in [2.45, 2.75) is 49.9 Å². The molecule has 2 aliphatic rings. The minimum absolute atomic E-state index is 0.169. The smallest absolute Gasteiger partial charge is 0.314 e. The number of nitrogens with zero attached hydrogens (tertiary/aromatic N) is 2. The van der Waals surface area contributed by atoms with Crippen molar-refractivity contribution in [2.24, 2.45) is 5.92 Å². The third-order valence-electron chi connectivity index (χ3n) is 14.5. The summed E-state index contributed by atoms with van der Waals surface area (Å²) in [6, 6.07) is 69.1. The zero-order valence-corrected chi connectivity index (χ0v) is 36.0. The maximum Gasteiger partial charge on any atom is 0.314 e. The number of hydrogen-bond acceptors (Lipinski definition) is 4. The molecule has 2 aliphatic carbocycles. The monoisotopic (exact) mass is 826 g/mol. The molecule has 0 bridgehead atoms. The van der Waals surface area contributed by atoms with Crippen LogP contribution in [-0.4, -0.2) is 15.9 Å². The number of aromatic nitrogens is 2. The second kappa shape index (κ2) is 14.8. The maximum atomic E-state index is 14.6. The molecule has 0 N–H and O–H groups in total. The van der Waals surface area contributed by atoms with Gasteiger partial charge >= 0.3 is 5.97 Å². The Kier molecular flexibility index (Phi) is 8.88. The number of fused-ring (bicyclic) bond motifs is 12. The Balaban J connectivity index is 1.19. The lowest BCUT2D eigenvalue weighted by molar-refractivity contribution is -0.139. The van der Waals surface area contributed by atoms with E-state index in [4.69, 9.17) is 14.7 Å². The average Bonchev–Trinajstić information content (AvgIpc) is 3.75. The van der Waals surface area contributed by atoms with E-state index < -0.39 is 16.7 Å². The Labute approximate surface area is 373 Å². The molecule has 4 unspecified atom stereocenters. The van der Waals surface area contributed by atoms with Crippen molar-refractivity contribution in [3.8, 4) is 28.3 Å². The van der Waals surface area contributed by atoms with Gasteiger partial charge in [-0.05, 0) is 111 Å². The second-order valence-corrected chi connectivity index (χ2v) is 18.3. The van der Waals surface area contributed by atoms with E-state index in [-0.39, 0.29) is 11.9 Å². The predicted molar refractivity (Wildman–Crippen MR) is 261 cm³/mol. The molecule has 64 heavy (non-hydrogen) atoms. The molecule has 0 spiro atoms. The van der Waals surface area contributed by atoms with Gasteiger partial charge in [0.05, 0.1) is 28.3 Å². The van der Waals surface area contributed by atoms with Gasteiger partial charge in [-0.1, -0.05) is 172 Å². The van der Waals surface area contributed by atoms with E-state index in [1.807, 2.05) is 30.3 Å². The van der Waals surface area contributed by atoms with Crippen LogP contribution in [0.25, 0.3) is 65.9 Å². The van der Waals surface area contributed by atoms with E-state index in [1.165, 1.54) is 49.4 Å². The molecule has 4 heteroatoms. The van der Waals surface area contributed by atoms with Crippen LogP contribution < -0.4 is 4.74 Å². The fraction of sp³-hybridized carbons (Fsp3) is 0.150. The van der Waals surface area contributed by atoms with Gasteiger partial charge in [-0.15, -0.1) is 0 Å². The first-order chi connectivity index (χ1) is 31.4. The first-order valence-corrected chi connectivity index (χ1v) is 22.6. The Morgan fingerprint density at radius 3 is 1.48 bits per heavy atom. The Morgan fingerprint density at radius 2 is 0.938 bits per heavy atom. The van der Waals surface area contributed by atoms with Gasteiger partial charge in [0.25, 0.3) is 0 Å². The second-order valence-electron chi connectivity index (χ2n) is 18.3. The summed E-state index contributed by atoms with van der Waals surface area (Å²) in [5.74, 6) is -0.00189. The van der Waals surface area contributed by atoms with Crippen LogP contribution in [0.15, 0.2) is 194 Å². The van der Waals surface area contributed by atoms with Crippen molar-refractivity contribution >= 4 is 49.3 Å². The zero-order chi connectivity index (χ0) is 43.0. The Bertz CT molecular complexity index is 3470. The summed E-state index contributed by atoms with van der Waals surface area (Å²) in [4.78, 5) is 25.9. The number of esters is 1. The summed E-state index contributed by atoms with van der Waals surface area (Å²) < 4.78 is 6.21. The summed E-state index contributed by atoms with van der Waals surface area (Å²) >= 11 is 0. The van der Waals surface area contributed by atoms with Crippen molar-refractivity contribution in [1.29, 1.82) is 0 Å². The number of hydrogen-bond donors (Lipinski definition) is 0. The van der Waals surface area contributed by atoms with Gasteiger partial charge < -0.3 is 4.74 Å². The quantitative estimate of drug-likeness (QED) is 0.107. The van der Waals surface area contributed by atoms with Gasteiger partial charge in [0, 0.05) is 32.7 Å². The normalized spacial score (nSPS) is 18.1. The number of para-hydroxylation sites is 3. The van der Waals surface area contributed by atoms with Crippen LogP contribution in [-0.2, 0) is 15.6 Å². The molecule has 0 fully saturated rings. The number of pyridine rings is 2. The van der Waals surface area contributed by atoms with Crippen LogP contribution >= 0.6 is 0 Å². The van der Waals surface area contributed by atoms with E-state index in [9.17, 15) is 4.79 Å². The summed E-state index contributed by atoms with van der Waals surface area (Å²) in [6.07, 6.45) is 2.01. The lowest BCUT2D eigenvalue weighted by Gasteiger charge is -2.44. The molecule has 4 atom stereocenters. The van der Waals surface area contributed by atoms with Gasteiger partial charge in [0.15, 0.2) is 0 Å². The average molecular weight is 827 g/mol. The zero-order valence-electron chi connectivity index (χ0n) is 36.0. The van der Waals surface area contributed by atoms with Crippen LogP contribution in [0.4, 0.5) is 0 Å². The van der Waals surface area contributed by atoms with E-state index in [2.05, 4.69) is 178 Å². The van der Waals surface area contributed by atoms with Gasteiger partial charge in [-0.3, -0.25) is 4.79 Å². The largest absolute Gasteiger partial charge is 0.426 e. The third-order valence-corrected chi connectivity index (χ3v) is 14.5. The topological polar surface area (TPSA) is 52.1 Å². The summed E-state index contributed by atoms with van der Waals surface area (Å²) in [6.45, 7) is 4.44. The first-order valence-electron chi connectivity index (χ1n) is 22.6. The molecular formula is C60H46N2O2. The van der Waals surface area contributed by atoms with Gasteiger partial charge in [0.1, 0.15) is 5.75 Å². The number of rotatable bonds is 9. The Hall–Kier alpha value is -7.43. The van der Waals surface area contributed by atoms with Gasteiger partial charge in [-0.2, -0.15) is 0 Å². The molecule has 4 nitrogen and oxygen atoms in total. The highest BCUT2D eigenvalue weighted by molar-refractivity contribution is 6.05. The number of carbonyl (C=O) groups is 1. The third kappa shape index (κ3) is 5.93. The van der Waals surface area contributed by atoms with Crippen molar-refractivity contribution < 1.29 is 9.53 Å². The SMILES string of the molecule is CC(CC1(CC2(CC(C)c3ccccc3)c3cc4ccccc4nc3-c3c2ccc2ccccc32)c2cc3ccccc3nc2-c2c1ccc1ccccc21)C(=O)Oc1ccccc1. The van der Waals surface area contributed by atoms with Crippen LogP contribution in [0.1, 0.15) is 66.8 Å². The van der Waals surface area contributed by atoms with E-state index in [0.29, 0.717) is 18.6 Å². The molecule has 0 saturated carbocycles. The summed E-state index contributed by atoms with van der Waals surface area (Å²) in [5.41, 5.74) is 11.3. The van der Waals surface area contributed by atoms with E-state index in [0.717, 1.165) is 50.7 Å². The molecule has 2 heterocycles. The molecule has 0 aliphatic heterocycles. The highest BCUT2D eigenvalue weighted by Gasteiger charge is 2.56. The van der Waals surface area contributed by atoms with Crippen molar-refractivity contribution in [1.82, 2.24) is 9.97 Å². The summed E-state index contributed by atoms with van der Waals surface area (Å²) in [7, 11) is 0. The number of benzene rings is 8. The molecular weight excluding hydrogens is 781 g/mol. The molecule has 8 aromatic carbocycles. The predicted octanol–water partition coefficient (Wildman–Crippen LogP) is 14.5. The molecule has 10 aromatic rings. The fourth-order valence-corrected chi connectivity index (χ4v) is 11.7. The number of carbonyl (C=O) groups excluding carboxylic acids is 1. The van der Waals surface area contributed by atoms with Crippen LogP contribution in [0.2, 0.25) is 0 Å². The fourth-order valence-electron chi connectivity index (χ4n) is 11.7. The van der Waals surface area contributed by atoms with Crippen molar-refractivity contribution in [3.63, 3.8) is 0 Å². The maximum absolute atomic E-state index is 14.6.